The molecule has 2 atom stereocenters. The second kappa shape index (κ2) is 6.75. The van der Waals surface area contributed by atoms with E-state index < -0.39 is 0 Å². The minimum Gasteiger partial charge on any atom is -0.314 e. The van der Waals surface area contributed by atoms with Crippen LogP contribution in [-0.2, 0) is 6.42 Å². The van der Waals surface area contributed by atoms with Gasteiger partial charge in [-0.25, -0.2) is 4.39 Å². The van der Waals surface area contributed by atoms with E-state index in [1.54, 1.807) is 6.07 Å². The Morgan fingerprint density at radius 2 is 2.00 bits per heavy atom. The molecule has 0 saturated heterocycles. The van der Waals surface area contributed by atoms with Crippen LogP contribution in [0.3, 0.4) is 0 Å². The number of aryl methyl sites for hydroxylation is 1. The molecule has 0 aliphatic rings. The minimum absolute atomic E-state index is 0.128. The molecule has 0 amide bonds. The third-order valence-corrected chi connectivity index (χ3v) is 3.55. The predicted molar refractivity (Wildman–Crippen MR) is 71.8 cm³/mol. The van der Waals surface area contributed by atoms with Gasteiger partial charge in [-0.1, -0.05) is 26.3 Å². The van der Waals surface area contributed by atoms with Crippen LogP contribution in [-0.4, -0.2) is 12.6 Å². The van der Waals surface area contributed by atoms with Crippen molar-refractivity contribution in [3.05, 3.63) is 35.1 Å². The molecule has 0 saturated carbocycles. The maximum atomic E-state index is 13.2. The third kappa shape index (κ3) is 4.12. The fourth-order valence-corrected chi connectivity index (χ4v) is 2.31. The summed E-state index contributed by atoms with van der Waals surface area (Å²) in [7, 11) is 0. The average molecular weight is 237 g/mol. The highest BCUT2D eigenvalue weighted by molar-refractivity contribution is 5.27. The van der Waals surface area contributed by atoms with Crippen LogP contribution in [0.5, 0.6) is 0 Å². The molecular weight excluding hydrogens is 213 g/mol. The zero-order valence-corrected chi connectivity index (χ0v) is 11.4. The van der Waals surface area contributed by atoms with Gasteiger partial charge in [-0.2, -0.15) is 0 Å². The van der Waals surface area contributed by atoms with E-state index in [1.807, 2.05) is 6.07 Å². The summed E-state index contributed by atoms with van der Waals surface area (Å²) in [5.41, 5.74) is 2.33. The normalized spacial score (nSPS) is 14.6. The third-order valence-electron chi connectivity index (χ3n) is 3.55. The van der Waals surface area contributed by atoms with Gasteiger partial charge in [0, 0.05) is 6.04 Å². The summed E-state index contributed by atoms with van der Waals surface area (Å²) in [5.74, 6) is 0.437. The molecule has 17 heavy (non-hydrogen) atoms. The molecule has 0 spiro atoms. The van der Waals surface area contributed by atoms with Crippen molar-refractivity contribution in [1.29, 1.82) is 0 Å². The van der Waals surface area contributed by atoms with E-state index in [1.165, 1.54) is 11.6 Å². The Kier molecular flexibility index (Phi) is 5.63. The Bertz CT molecular complexity index is 349. The van der Waals surface area contributed by atoms with Gasteiger partial charge in [0.05, 0.1) is 0 Å². The van der Waals surface area contributed by atoms with Gasteiger partial charge in [-0.15, -0.1) is 0 Å². The molecular formula is C15H24FN. The molecule has 0 radical (unpaired) electrons. The first-order valence-electron chi connectivity index (χ1n) is 6.56. The Hall–Kier alpha value is -0.890. The van der Waals surface area contributed by atoms with Gasteiger partial charge in [0.1, 0.15) is 5.82 Å². The molecule has 0 aliphatic heterocycles. The van der Waals surface area contributed by atoms with Crippen molar-refractivity contribution in [2.24, 2.45) is 5.92 Å². The number of benzene rings is 1. The second-order valence-electron chi connectivity index (χ2n) is 4.79. The Morgan fingerprint density at radius 1 is 1.29 bits per heavy atom. The topological polar surface area (TPSA) is 12.0 Å². The highest BCUT2D eigenvalue weighted by Gasteiger charge is 2.16. The lowest BCUT2D eigenvalue weighted by molar-refractivity contribution is 0.367. The number of nitrogens with one attached hydrogen (secondary N) is 1. The summed E-state index contributed by atoms with van der Waals surface area (Å²) in [6, 6.07) is 5.56. The zero-order chi connectivity index (χ0) is 12.8. The standard InChI is InChI=1S/C15H24FN/c1-5-13(12(4)17-6-2)9-14-10-15(16)8-7-11(14)3/h7-8,10,12-13,17H,5-6,9H2,1-4H3. The van der Waals surface area contributed by atoms with Crippen molar-refractivity contribution >= 4 is 0 Å². The van der Waals surface area contributed by atoms with Crippen molar-refractivity contribution in [2.75, 3.05) is 6.54 Å². The van der Waals surface area contributed by atoms with Gasteiger partial charge in [-0.05, 0) is 56.0 Å². The smallest absolute Gasteiger partial charge is 0.123 e. The number of hydrogen-bond donors (Lipinski definition) is 1. The zero-order valence-electron chi connectivity index (χ0n) is 11.4. The Morgan fingerprint density at radius 3 is 2.59 bits per heavy atom. The SMILES string of the molecule is CCNC(C)C(CC)Cc1cc(F)ccc1C. The van der Waals surface area contributed by atoms with Crippen LogP contribution in [0.1, 0.15) is 38.3 Å². The highest BCUT2D eigenvalue weighted by atomic mass is 19.1. The van der Waals surface area contributed by atoms with Gasteiger partial charge in [0.15, 0.2) is 0 Å². The summed E-state index contributed by atoms with van der Waals surface area (Å²) in [5, 5.41) is 3.46. The summed E-state index contributed by atoms with van der Waals surface area (Å²) in [4.78, 5) is 0. The lowest BCUT2D eigenvalue weighted by Gasteiger charge is -2.24. The van der Waals surface area contributed by atoms with Crippen molar-refractivity contribution in [3.8, 4) is 0 Å². The van der Waals surface area contributed by atoms with Crippen LogP contribution in [0.15, 0.2) is 18.2 Å². The van der Waals surface area contributed by atoms with E-state index in [2.05, 4.69) is 33.0 Å². The monoisotopic (exact) mass is 237 g/mol. The summed E-state index contributed by atoms with van der Waals surface area (Å²) < 4.78 is 13.2. The highest BCUT2D eigenvalue weighted by Crippen LogP contribution is 2.19. The lowest BCUT2D eigenvalue weighted by atomic mass is 9.89. The Balaban J connectivity index is 2.76. The van der Waals surface area contributed by atoms with E-state index in [9.17, 15) is 4.39 Å². The number of halogens is 1. The molecule has 1 aromatic carbocycles. The Labute approximate surface area is 104 Å². The molecule has 96 valence electrons. The predicted octanol–water partition coefficient (Wildman–Crippen LogP) is 3.70. The molecule has 1 N–H and O–H groups in total. The first-order valence-corrected chi connectivity index (χ1v) is 6.56. The van der Waals surface area contributed by atoms with Gasteiger partial charge in [0.2, 0.25) is 0 Å². The molecule has 0 fully saturated rings. The first-order chi connectivity index (χ1) is 8.08. The fourth-order valence-electron chi connectivity index (χ4n) is 2.31. The van der Waals surface area contributed by atoms with E-state index >= 15 is 0 Å². The van der Waals surface area contributed by atoms with Crippen molar-refractivity contribution in [1.82, 2.24) is 5.32 Å². The van der Waals surface area contributed by atoms with Gasteiger partial charge in [-0.3, -0.25) is 0 Å². The van der Waals surface area contributed by atoms with Gasteiger partial charge >= 0.3 is 0 Å². The lowest BCUT2D eigenvalue weighted by Crippen LogP contribution is -2.34. The van der Waals surface area contributed by atoms with E-state index in [4.69, 9.17) is 0 Å². The van der Waals surface area contributed by atoms with Crippen molar-refractivity contribution < 1.29 is 4.39 Å². The van der Waals surface area contributed by atoms with Crippen molar-refractivity contribution in [2.45, 2.75) is 46.6 Å². The fraction of sp³-hybridized carbons (Fsp3) is 0.600. The van der Waals surface area contributed by atoms with Crippen molar-refractivity contribution in [3.63, 3.8) is 0 Å². The summed E-state index contributed by atoms with van der Waals surface area (Å²) in [6.45, 7) is 9.58. The summed E-state index contributed by atoms with van der Waals surface area (Å²) >= 11 is 0. The molecule has 1 nitrogen and oxygen atoms in total. The number of rotatable bonds is 6. The first kappa shape index (κ1) is 14.2. The maximum Gasteiger partial charge on any atom is 0.123 e. The van der Waals surface area contributed by atoms with E-state index in [0.717, 1.165) is 24.9 Å². The molecule has 0 bridgehead atoms. The average Bonchev–Trinajstić information content (AvgIpc) is 2.30. The molecule has 2 unspecified atom stereocenters. The molecule has 1 aromatic rings. The van der Waals surface area contributed by atoms with Crippen LogP contribution in [0.25, 0.3) is 0 Å². The van der Waals surface area contributed by atoms with Crippen LogP contribution in [0.4, 0.5) is 4.39 Å². The largest absolute Gasteiger partial charge is 0.314 e. The van der Waals surface area contributed by atoms with Crippen LogP contribution in [0, 0.1) is 18.7 Å². The minimum atomic E-state index is -0.128. The van der Waals surface area contributed by atoms with Gasteiger partial charge < -0.3 is 5.32 Å². The second-order valence-corrected chi connectivity index (χ2v) is 4.79. The number of hydrogen-bond acceptors (Lipinski definition) is 1. The van der Waals surface area contributed by atoms with E-state index in [-0.39, 0.29) is 5.82 Å². The molecule has 0 aliphatic carbocycles. The van der Waals surface area contributed by atoms with E-state index in [0.29, 0.717) is 12.0 Å². The van der Waals surface area contributed by atoms with Crippen LogP contribution in [0.2, 0.25) is 0 Å². The molecule has 1 rings (SSSR count). The van der Waals surface area contributed by atoms with Crippen LogP contribution >= 0.6 is 0 Å². The quantitative estimate of drug-likeness (QED) is 0.795. The molecule has 0 heterocycles. The summed E-state index contributed by atoms with van der Waals surface area (Å²) in [6.07, 6.45) is 2.07. The molecule has 0 aromatic heterocycles. The maximum absolute atomic E-state index is 13.2. The molecule has 2 heteroatoms. The van der Waals surface area contributed by atoms with Crippen LogP contribution < -0.4 is 5.32 Å². The van der Waals surface area contributed by atoms with Gasteiger partial charge in [0.25, 0.3) is 0 Å².